The van der Waals surface area contributed by atoms with Gasteiger partial charge in [0.1, 0.15) is 0 Å². The van der Waals surface area contributed by atoms with Crippen molar-refractivity contribution in [3.8, 4) is 11.1 Å². The maximum Gasteiger partial charge on any atom is 0.0426 e. The molecule has 69 valence electrons. The number of hydrogen-bond donors (Lipinski definition) is 0. The highest BCUT2D eigenvalue weighted by atomic mass is 35.5. The van der Waals surface area contributed by atoms with Gasteiger partial charge in [0.15, 0.2) is 0 Å². The average molecular weight is 223 g/mol. The normalized spacial score (nSPS) is 10.1. The van der Waals surface area contributed by atoms with Crippen molar-refractivity contribution in [2.24, 2.45) is 0 Å². The second-order valence-electron chi connectivity index (χ2n) is 2.83. The standard InChI is InChI=1S/C11H6Cl2N/c12-10-4-9(5-11(13)6-10)8-2-1-3-14-7-8/h2-7H. The van der Waals surface area contributed by atoms with E-state index in [0.29, 0.717) is 10.0 Å². The van der Waals surface area contributed by atoms with Crippen LogP contribution in [0.15, 0.2) is 36.7 Å². The monoisotopic (exact) mass is 222 g/mol. The van der Waals surface area contributed by atoms with E-state index in [1.807, 2.05) is 18.2 Å². The van der Waals surface area contributed by atoms with E-state index in [4.69, 9.17) is 23.2 Å². The lowest BCUT2D eigenvalue weighted by Crippen LogP contribution is -1.79. The van der Waals surface area contributed by atoms with Gasteiger partial charge in [0.2, 0.25) is 0 Å². The molecule has 0 unspecified atom stereocenters. The van der Waals surface area contributed by atoms with Crippen molar-refractivity contribution < 1.29 is 0 Å². The van der Waals surface area contributed by atoms with Gasteiger partial charge in [-0.05, 0) is 29.8 Å². The highest BCUT2D eigenvalue weighted by Crippen LogP contribution is 2.26. The molecule has 0 aliphatic heterocycles. The van der Waals surface area contributed by atoms with Crippen LogP contribution in [0.5, 0.6) is 0 Å². The maximum atomic E-state index is 5.88. The van der Waals surface area contributed by atoms with Crippen LogP contribution in [0.25, 0.3) is 11.1 Å². The van der Waals surface area contributed by atoms with Crippen LogP contribution in [0.2, 0.25) is 10.0 Å². The molecule has 1 aromatic heterocycles. The Balaban J connectivity index is 2.52. The zero-order chi connectivity index (χ0) is 9.97. The lowest BCUT2D eigenvalue weighted by Gasteiger charge is -2.01. The van der Waals surface area contributed by atoms with Crippen LogP contribution in [0.1, 0.15) is 0 Å². The van der Waals surface area contributed by atoms with Gasteiger partial charge in [-0.3, -0.25) is 4.98 Å². The Bertz CT molecular complexity index is 420. The smallest absolute Gasteiger partial charge is 0.0426 e. The summed E-state index contributed by atoms with van der Waals surface area (Å²) in [7, 11) is 0. The topological polar surface area (TPSA) is 12.9 Å². The first-order valence-electron chi connectivity index (χ1n) is 4.03. The van der Waals surface area contributed by atoms with Crippen molar-refractivity contribution >= 4 is 23.2 Å². The first-order chi connectivity index (χ1) is 6.75. The predicted octanol–water partition coefficient (Wildman–Crippen LogP) is 3.86. The molecule has 0 atom stereocenters. The highest BCUT2D eigenvalue weighted by Gasteiger charge is 2.00. The second-order valence-corrected chi connectivity index (χ2v) is 3.70. The third kappa shape index (κ3) is 2.06. The molecule has 0 fully saturated rings. The quantitative estimate of drug-likeness (QED) is 0.715. The molecule has 0 aliphatic rings. The van der Waals surface area contributed by atoms with Gasteiger partial charge in [-0.2, -0.15) is 0 Å². The van der Waals surface area contributed by atoms with Gasteiger partial charge >= 0.3 is 0 Å². The predicted molar refractivity (Wildman–Crippen MR) is 58.5 cm³/mol. The minimum Gasteiger partial charge on any atom is -0.263 e. The third-order valence-corrected chi connectivity index (χ3v) is 2.23. The highest BCUT2D eigenvalue weighted by molar-refractivity contribution is 6.35. The summed E-state index contributed by atoms with van der Waals surface area (Å²) >= 11 is 11.8. The minimum absolute atomic E-state index is 0.622. The molecule has 0 saturated heterocycles. The van der Waals surface area contributed by atoms with Crippen molar-refractivity contribution in [1.82, 2.24) is 4.98 Å². The molecule has 1 nitrogen and oxygen atoms in total. The number of aromatic nitrogens is 1. The molecule has 2 aromatic rings. The summed E-state index contributed by atoms with van der Waals surface area (Å²) in [5, 5.41) is 1.24. The summed E-state index contributed by atoms with van der Waals surface area (Å²) in [6.07, 6.45) is 3.36. The fourth-order valence-electron chi connectivity index (χ4n) is 1.20. The lowest BCUT2D eigenvalue weighted by molar-refractivity contribution is 1.32. The van der Waals surface area contributed by atoms with Gasteiger partial charge in [-0.1, -0.05) is 23.2 Å². The molecule has 14 heavy (non-hydrogen) atoms. The van der Waals surface area contributed by atoms with E-state index in [9.17, 15) is 0 Å². The molecule has 0 aliphatic carbocycles. The Hall–Kier alpha value is -1.05. The molecular formula is C11H6Cl2N. The molecule has 1 aromatic carbocycles. The van der Waals surface area contributed by atoms with Crippen molar-refractivity contribution in [3.63, 3.8) is 0 Å². The van der Waals surface area contributed by atoms with E-state index in [0.717, 1.165) is 11.1 Å². The van der Waals surface area contributed by atoms with E-state index in [2.05, 4.69) is 11.1 Å². The van der Waals surface area contributed by atoms with Gasteiger partial charge in [0.05, 0.1) is 0 Å². The van der Waals surface area contributed by atoms with Crippen molar-refractivity contribution in [3.05, 3.63) is 52.8 Å². The van der Waals surface area contributed by atoms with Gasteiger partial charge in [0.25, 0.3) is 0 Å². The van der Waals surface area contributed by atoms with E-state index in [1.165, 1.54) is 0 Å². The Morgan fingerprint density at radius 1 is 1.00 bits per heavy atom. The molecule has 0 spiro atoms. The number of halogens is 2. The number of benzene rings is 1. The van der Waals surface area contributed by atoms with Crippen molar-refractivity contribution in [1.29, 1.82) is 0 Å². The Morgan fingerprint density at radius 3 is 2.29 bits per heavy atom. The second kappa shape index (κ2) is 3.99. The van der Waals surface area contributed by atoms with Crippen LogP contribution < -0.4 is 0 Å². The average Bonchev–Trinajstić information content (AvgIpc) is 2.18. The summed E-state index contributed by atoms with van der Waals surface area (Å²) in [6, 6.07) is 10.1. The molecule has 1 radical (unpaired) electrons. The van der Waals surface area contributed by atoms with Gasteiger partial charge in [-0.15, -0.1) is 0 Å². The zero-order valence-electron chi connectivity index (χ0n) is 7.17. The summed E-state index contributed by atoms with van der Waals surface area (Å²) in [6.45, 7) is 0. The van der Waals surface area contributed by atoms with E-state index in [1.54, 1.807) is 18.5 Å². The summed E-state index contributed by atoms with van der Waals surface area (Å²) in [4.78, 5) is 3.98. The largest absolute Gasteiger partial charge is 0.263 e. The molecule has 2 rings (SSSR count). The SMILES string of the molecule is Clc1cc(Cl)cc(-c2c[c]cnc2)c1. The van der Waals surface area contributed by atoms with Gasteiger partial charge in [-0.25, -0.2) is 0 Å². The van der Waals surface area contributed by atoms with E-state index < -0.39 is 0 Å². The van der Waals surface area contributed by atoms with Crippen LogP contribution in [-0.2, 0) is 0 Å². The number of nitrogens with zero attached hydrogens (tertiary/aromatic N) is 1. The third-order valence-electron chi connectivity index (χ3n) is 1.80. The van der Waals surface area contributed by atoms with Crippen molar-refractivity contribution in [2.45, 2.75) is 0 Å². The summed E-state index contributed by atoms with van der Waals surface area (Å²) in [5.41, 5.74) is 1.91. The molecule has 3 heteroatoms. The summed E-state index contributed by atoms with van der Waals surface area (Å²) < 4.78 is 0. The fourth-order valence-corrected chi connectivity index (χ4v) is 1.73. The first kappa shape index (κ1) is 9.50. The maximum absolute atomic E-state index is 5.88. The fraction of sp³-hybridized carbons (Fsp3) is 0. The molecule has 0 bridgehead atoms. The van der Waals surface area contributed by atoms with E-state index in [-0.39, 0.29) is 0 Å². The van der Waals surface area contributed by atoms with Crippen LogP contribution in [0, 0.1) is 6.07 Å². The van der Waals surface area contributed by atoms with Crippen LogP contribution in [0.3, 0.4) is 0 Å². The number of hydrogen-bond acceptors (Lipinski definition) is 1. The van der Waals surface area contributed by atoms with Crippen LogP contribution >= 0.6 is 23.2 Å². The number of rotatable bonds is 1. The summed E-state index contributed by atoms with van der Waals surface area (Å²) in [5.74, 6) is 0. The Kier molecular flexibility index (Phi) is 2.71. The minimum atomic E-state index is 0.622. The zero-order valence-corrected chi connectivity index (χ0v) is 8.68. The Morgan fingerprint density at radius 2 is 1.71 bits per heavy atom. The molecule has 0 amide bonds. The Labute approximate surface area is 92.3 Å². The molecule has 1 heterocycles. The van der Waals surface area contributed by atoms with E-state index >= 15 is 0 Å². The molecular weight excluding hydrogens is 217 g/mol. The molecule has 0 saturated carbocycles. The molecule has 0 N–H and O–H groups in total. The van der Waals surface area contributed by atoms with Gasteiger partial charge < -0.3 is 0 Å². The first-order valence-corrected chi connectivity index (χ1v) is 4.79. The van der Waals surface area contributed by atoms with Crippen LogP contribution in [-0.4, -0.2) is 4.98 Å². The van der Waals surface area contributed by atoms with Crippen LogP contribution in [0.4, 0.5) is 0 Å². The van der Waals surface area contributed by atoms with Crippen molar-refractivity contribution in [2.75, 3.05) is 0 Å². The number of pyridine rings is 1. The lowest BCUT2D eigenvalue weighted by atomic mass is 10.1. The van der Waals surface area contributed by atoms with Gasteiger partial charge in [0, 0.05) is 34.1 Å².